The van der Waals surface area contributed by atoms with Gasteiger partial charge in [-0.25, -0.2) is 4.79 Å². The summed E-state index contributed by atoms with van der Waals surface area (Å²) in [5, 5.41) is 0.567. The number of halogens is 1. The standard InChI is InChI=1S/C19H20ClNO4/c1-19(2)8-12(22)15-13(9-19)25-17(21)16(18(23)24-3)14(15)10-4-6-11(20)7-5-10/h4-7,14H,8-9,21H2,1-3H3. The maximum absolute atomic E-state index is 12.9. The molecule has 0 aromatic heterocycles. The van der Waals surface area contributed by atoms with Gasteiger partial charge >= 0.3 is 5.97 Å². The van der Waals surface area contributed by atoms with Crippen LogP contribution in [0.4, 0.5) is 0 Å². The Hall–Kier alpha value is -2.27. The highest BCUT2D eigenvalue weighted by atomic mass is 35.5. The fourth-order valence-corrected chi connectivity index (χ4v) is 3.61. The second-order valence-corrected chi connectivity index (χ2v) is 7.57. The van der Waals surface area contributed by atoms with Crippen LogP contribution >= 0.6 is 11.6 Å². The molecule has 6 heteroatoms. The number of benzene rings is 1. The van der Waals surface area contributed by atoms with Gasteiger partial charge < -0.3 is 15.2 Å². The molecule has 1 aromatic rings. The maximum atomic E-state index is 12.9. The molecule has 132 valence electrons. The largest absolute Gasteiger partial charge is 0.465 e. The zero-order valence-electron chi connectivity index (χ0n) is 14.4. The third-order valence-corrected chi connectivity index (χ3v) is 4.82. The molecule has 0 saturated carbocycles. The molecular weight excluding hydrogens is 342 g/mol. The summed E-state index contributed by atoms with van der Waals surface area (Å²) in [6.07, 6.45) is 0.959. The summed E-state index contributed by atoms with van der Waals surface area (Å²) in [4.78, 5) is 25.2. The molecule has 25 heavy (non-hydrogen) atoms. The lowest BCUT2D eigenvalue weighted by Crippen LogP contribution is -2.35. The highest BCUT2D eigenvalue weighted by Gasteiger charge is 2.44. The third kappa shape index (κ3) is 3.16. The van der Waals surface area contributed by atoms with Crippen LogP contribution in [0.2, 0.25) is 5.02 Å². The number of ether oxygens (including phenoxy) is 2. The van der Waals surface area contributed by atoms with Crippen molar-refractivity contribution in [2.75, 3.05) is 7.11 Å². The number of rotatable bonds is 2. The zero-order chi connectivity index (χ0) is 18.4. The van der Waals surface area contributed by atoms with Gasteiger partial charge in [0.2, 0.25) is 5.88 Å². The lowest BCUT2D eigenvalue weighted by atomic mass is 9.70. The van der Waals surface area contributed by atoms with E-state index in [4.69, 9.17) is 26.8 Å². The lowest BCUT2D eigenvalue weighted by Gasteiger charge is -2.37. The molecule has 2 aliphatic rings. The van der Waals surface area contributed by atoms with Crippen molar-refractivity contribution in [3.8, 4) is 0 Å². The van der Waals surface area contributed by atoms with Crippen LogP contribution in [0.3, 0.4) is 0 Å². The molecule has 1 aliphatic carbocycles. The van der Waals surface area contributed by atoms with Gasteiger partial charge in [-0.2, -0.15) is 0 Å². The number of nitrogens with two attached hydrogens (primary N) is 1. The predicted molar refractivity (Wildman–Crippen MR) is 93.6 cm³/mol. The van der Waals surface area contributed by atoms with Crippen molar-refractivity contribution in [2.24, 2.45) is 11.1 Å². The van der Waals surface area contributed by atoms with E-state index in [1.165, 1.54) is 7.11 Å². The van der Waals surface area contributed by atoms with E-state index in [0.717, 1.165) is 5.56 Å². The summed E-state index contributed by atoms with van der Waals surface area (Å²) in [5.41, 5.74) is 7.20. The molecule has 5 nitrogen and oxygen atoms in total. The SMILES string of the molecule is COC(=O)C1=C(N)OC2=C(C(=O)CC(C)(C)C2)C1c1ccc(Cl)cc1. The van der Waals surface area contributed by atoms with Gasteiger partial charge in [0.05, 0.1) is 13.0 Å². The van der Waals surface area contributed by atoms with E-state index in [1.807, 2.05) is 13.8 Å². The fraction of sp³-hybridized carbons (Fsp3) is 0.368. The van der Waals surface area contributed by atoms with Crippen LogP contribution in [0.5, 0.6) is 0 Å². The van der Waals surface area contributed by atoms with Gasteiger partial charge in [0, 0.05) is 23.4 Å². The van der Waals surface area contributed by atoms with Crippen molar-refractivity contribution < 1.29 is 19.1 Å². The van der Waals surface area contributed by atoms with E-state index in [1.54, 1.807) is 24.3 Å². The summed E-state index contributed by atoms with van der Waals surface area (Å²) in [6.45, 7) is 4.01. The number of esters is 1. The first-order valence-corrected chi connectivity index (χ1v) is 8.39. The van der Waals surface area contributed by atoms with Crippen molar-refractivity contribution in [3.05, 3.63) is 57.6 Å². The Morgan fingerprint density at radius 1 is 1.28 bits per heavy atom. The van der Waals surface area contributed by atoms with Gasteiger partial charge in [0.25, 0.3) is 0 Å². The van der Waals surface area contributed by atoms with Crippen molar-refractivity contribution in [1.82, 2.24) is 0 Å². The molecule has 1 aliphatic heterocycles. The minimum Gasteiger partial charge on any atom is -0.465 e. The molecule has 0 radical (unpaired) electrons. The minimum absolute atomic E-state index is 0.0175. The number of allylic oxidation sites excluding steroid dienone is 2. The van der Waals surface area contributed by atoms with Crippen LogP contribution in [0.25, 0.3) is 0 Å². The second-order valence-electron chi connectivity index (χ2n) is 7.13. The monoisotopic (exact) mass is 361 g/mol. The average molecular weight is 362 g/mol. The highest BCUT2D eigenvalue weighted by molar-refractivity contribution is 6.30. The van der Waals surface area contributed by atoms with Gasteiger partial charge in [-0.1, -0.05) is 37.6 Å². The third-order valence-electron chi connectivity index (χ3n) is 4.56. The van der Waals surface area contributed by atoms with Crippen molar-refractivity contribution in [3.63, 3.8) is 0 Å². The molecule has 3 rings (SSSR count). The van der Waals surface area contributed by atoms with E-state index < -0.39 is 11.9 Å². The first kappa shape index (κ1) is 17.5. The smallest absolute Gasteiger partial charge is 0.340 e. The molecule has 0 spiro atoms. The Morgan fingerprint density at radius 3 is 2.52 bits per heavy atom. The molecule has 1 aromatic carbocycles. The van der Waals surface area contributed by atoms with Crippen molar-refractivity contribution >= 4 is 23.4 Å². The number of carbonyl (C=O) groups is 2. The first-order valence-electron chi connectivity index (χ1n) is 8.01. The number of hydrogen-bond donors (Lipinski definition) is 1. The molecule has 1 heterocycles. The Balaban J connectivity index is 2.19. The van der Waals surface area contributed by atoms with E-state index >= 15 is 0 Å². The van der Waals surface area contributed by atoms with E-state index in [9.17, 15) is 9.59 Å². The van der Waals surface area contributed by atoms with Crippen LogP contribution in [0, 0.1) is 5.41 Å². The molecule has 0 bridgehead atoms. The fourth-order valence-electron chi connectivity index (χ4n) is 3.48. The normalized spacial score (nSPS) is 22.4. The van der Waals surface area contributed by atoms with E-state index in [0.29, 0.717) is 29.2 Å². The van der Waals surface area contributed by atoms with Gasteiger partial charge in [0.1, 0.15) is 11.3 Å². The number of carbonyl (C=O) groups excluding carboxylic acids is 2. The molecule has 2 N–H and O–H groups in total. The van der Waals surface area contributed by atoms with Crippen LogP contribution in [0.15, 0.2) is 47.1 Å². The zero-order valence-corrected chi connectivity index (χ0v) is 15.1. The van der Waals surface area contributed by atoms with Crippen LogP contribution in [-0.2, 0) is 19.1 Å². The van der Waals surface area contributed by atoms with E-state index in [2.05, 4.69) is 0 Å². The molecule has 0 amide bonds. The number of Topliss-reactive ketones (excluding diaryl/α,β-unsaturated/α-hetero) is 1. The molecule has 0 saturated heterocycles. The van der Waals surface area contributed by atoms with Gasteiger partial charge in [-0.15, -0.1) is 0 Å². The Bertz CT molecular complexity index is 805. The maximum Gasteiger partial charge on any atom is 0.340 e. The number of hydrogen-bond acceptors (Lipinski definition) is 5. The van der Waals surface area contributed by atoms with Crippen molar-refractivity contribution in [1.29, 1.82) is 0 Å². The van der Waals surface area contributed by atoms with Gasteiger partial charge in [-0.3, -0.25) is 4.79 Å². The Kier molecular flexibility index (Phi) is 4.37. The highest BCUT2D eigenvalue weighted by Crippen LogP contribution is 2.48. The van der Waals surface area contributed by atoms with Crippen LogP contribution in [0.1, 0.15) is 38.2 Å². The summed E-state index contributed by atoms with van der Waals surface area (Å²) < 4.78 is 10.6. The van der Waals surface area contributed by atoms with E-state index in [-0.39, 0.29) is 22.7 Å². The second kappa shape index (κ2) is 6.23. The molecular formula is C19H20ClNO4. The summed E-state index contributed by atoms with van der Waals surface area (Å²) in [6, 6.07) is 7.00. The summed E-state index contributed by atoms with van der Waals surface area (Å²) in [5.74, 6) is -0.749. The van der Waals surface area contributed by atoms with Crippen LogP contribution in [-0.4, -0.2) is 18.9 Å². The topological polar surface area (TPSA) is 78.6 Å². The van der Waals surface area contributed by atoms with Gasteiger partial charge in [0.15, 0.2) is 5.78 Å². The molecule has 1 unspecified atom stereocenters. The first-order chi connectivity index (χ1) is 11.7. The molecule has 1 atom stereocenters. The lowest BCUT2D eigenvalue weighted by molar-refractivity contribution is -0.136. The molecule has 0 fully saturated rings. The average Bonchev–Trinajstić information content (AvgIpc) is 2.52. The number of methoxy groups -OCH3 is 1. The minimum atomic E-state index is -0.614. The quantitative estimate of drug-likeness (QED) is 0.816. The Labute approximate surface area is 151 Å². The predicted octanol–water partition coefficient (Wildman–Crippen LogP) is 3.44. The van der Waals surface area contributed by atoms with Crippen LogP contribution < -0.4 is 5.73 Å². The summed E-state index contributed by atoms with van der Waals surface area (Å²) >= 11 is 5.98. The number of ketones is 1. The summed E-state index contributed by atoms with van der Waals surface area (Å²) in [7, 11) is 1.28. The Morgan fingerprint density at radius 2 is 1.92 bits per heavy atom. The van der Waals surface area contributed by atoms with Gasteiger partial charge in [-0.05, 0) is 23.1 Å². The van der Waals surface area contributed by atoms with Crippen molar-refractivity contribution in [2.45, 2.75) is 32.6 Å².